The van der Waals surface area contributed by atoms with Gasteiger partial charge in [-0.25, -0.2) is 0 Å². The number of hydrogen-bond acceptors (Lipinski definition) is 4. The number of nitrogens with zero attached hydrogens (tertiary/aromatic N) is 3. The van der Waals surface area contributed by atoms with Crippen LogP contribution >= 0.6 is 0 Å². The third-order valence-corrected chi connectivity index (χ3v) is 4.93. The molecule has 0 spiro atoms. The molecule has 0 aliphatic carbocycles. The van der Waals surface area contributed by atoms with E-state index < -0.39 is 11.6 Å². The average Bonchev–Trinajstić information content (AvgIpc) is 2.60. The van der Waals surface area contributed by atoms with Crippen LogP contribution in [0.15, 0.2) is 24.3 Å². The van der Waals surface area contributed by atoms with Crippen molar-refractivity contribution in [2.45, 2.75) is 32.4 Å². The average molecular weight is 359 g/mol. The summed E-state index contributed by atoms with van der Waals surface area (Å²) >= 11 is 0. The molecule has 2 fully saturated rings. The Morgan fingerprint density at radius 1 is 1.15 bits per heavy atom. The first-order chi connectivity index (χ1) is 12.2. The van der Waals surface area contributed by atoms with Crippen molar-refractivity contribution in [3.8, 4) is 5.75 Å². The molecule has 1 aromatic rings. The van der Waals surface area contributed by atoms with E-state index in [1.807, 2.05) is 31.2 Å². The first-order valence-electron chi connectivity index (χ1n) is 8.78. The number of piperazine rings is 2. The number of hydrogen-bond donors (Lipinski definition) is 0. The van der Waals surface area contributed by atoms with E-state index in [0.717, 1.165) is 5.56 Å². The van der Waals surface area contributed by atoms with Gasteiger partial charge >= 0.3 is 0 Å². The van der Waals surface area contributed by atoms with E-state index in [1.54, 1.807) is 30.7 Å². The van der Waals surface area contributed by atoms with Gasteiger partial charge in [-0.3, -0.25) is 14.4 Å². The van der Waals surface area contributed by atoms with Crippen LogP contribution in [0.25, 0.3) is 0 Å². The minimum atomic E-state index is -1.06. The zero-order valence-electron chi connectivity index (χ0n) is 15.7. The zero-order chi connectivity index (χ0) is 19.1. The lowest BCUT2D eigenvalue weighted by atomic mass is 10.0. The lowest BCUT2D eigenvalue weighted by Gasteiger charge is -2.46. The molecule has 0 saturated carbocycles. The van der Waals surface area contributed by atoms with E-state index in [0.29, 0.717) is 18.8 Å². The third-order valence-electron chi connectivity index (χ3n) is 4.93. The summed E-state index contributed by atoms with van der Waals surface area (Å²) in [5.74, 6) is 0.237. The van der Waals surface area contributed by atoms with Gasteiger partial charge in [-0.15, -0.1) is 0 Å². The normalized spacial score (nSPS) is 20.9. The number of ether oxygens (including phenoxy) is 1. The van der Waals surface area contributed by atoms with Crippen molar-refractivity contribution in [1.29, 1.82) is 0 Å². The summed E-state index contributed by atoms with van der Waals surface area (Å²) in [4.78, 5) is 42.2. The number of carbonyl (C=O) groups excluding carboxylic acids is 3. The van der Waals surface area contributed by atoms with Gasteiger partial charge in [-0.1, -0.05) is 17.7 Å². The predicted molar refractivity (Wildman–Crippen MR) is 95.6 cm³/mol. The van der Waals surface area contributed by atoms with Crippen LogP contribution in [-0.2, 0) is 14.4 Å². The highest BCUT2D eigenvalue weighted by molar-refractivity contribution is 5.96. The predicted octanol–water partition coefficient (Wildman–Crippen LogP) is 0.664. The molecule has 2 aliphatic heterocycles. The molecule has 0 aromatic heterocycles. The van der Waals surface area contributed by atoms with Crippen LogP contribution in [-0.4, -0.2) is 77.3 Å². The molecule has 1 atom stereocenters. The summed E-state index contributed by atoms with van der Waals surface area (Å²) in [6, 6.07) is 6.92. The molecule has 1 aromatic carbocycles. The number of rotatable bonds is 3. The van der Waals surface area contributed by atoms with Gasteiger partial charge in [0.05, 0.1) is 13.1 Å². The van der Waals surface area contributed by atoms with Crippen molar-refractivity contribution < 1.29 is 19.1 Å². The van der Waals surface area contributed by atoms with Crippen LogP contribution in [0.2, 0.25) is 0 Å². The van der Waals surface area contributed by atoms with Crippen molar-refractivity contribution in [3.63, 3.8) is 0 Å². The zero-order valence-corrected chi connectivity index (χ0v) is 15.7. The van der Waals surface area contributed by atoms with Gasteiger partial charge in [0, 0.05) is 20.1 Å². The Labute approximate surface area is 153 Å². The molecule has 3 rings (SSSR count). The van der Waals surface area contributed by atoms with Gasteiger partial charge in [-0.05, 0) is 32.9 Å². The number of carbonyl (C=O) groups is 3. The van der Waals surface area contributed by atoms with Crippen molar-refractivity contribution in [3.05, 3.63) is 29.8 Å². The maximum atomic E-state index is 13.0. The lowest BCUT2D eigenvalue weighted by Crippen LogP contribution is -2.68. The molecule has 0 N–H and O–H groups in total. The maximum Gasteiger partial charge on any atom is 0.266 e. The number of aryl methyl sites for hydroxylation is 1. The fourth-order valence-electron chi connectivity index (χ4n) is 3.43. The quantitative estimate of drug-likeness (QED) is 0.795. The number of benzene rings is 1. The Morgan fingerprint density at radius 2 is 1.81 bits per heavy atom. The maximum absolute atomic E-state index is 13.0. The minimum Gasteiger partial charge on any atom is -0.478 e. The summed E-state index contributed by atoms with van der Waals surface area (Å²) in [6.45, 7) is 6.51. The van der Waals surface area contributed by atoms with Crippen molar-refractivity contribution in [2.75, 3.05) is 33.2 Å². The van der Waals surface area contributed by atoms with Gasteiger partial charge in [0.1, 0.15) is 11.8 Å². The van der Waals surface area contributed by atoms with Crippen molar-refractivity contribution in [2.24, 2.45) is 0 Å². The van der Waals surface area contributed by atoms with Gasteiger partial charge in [0.2, 0.25) is 11.8 Å². The highest BCUT2D eigenvalue weighted by Gasteiger charge is 2.45. The molecule has 0 radical (unpaired) electrons. The van der Waals surface area contributed by atoms with E-state index in [2.05, 4.69) is 0 Å². The summed E-state index contributed by atoms with van der Waals surface area (Å²) in [5, 5.41) is 0. The molecule has 2 aliphatic rings. The molecule has 2 saturated heterocycles. The van der Waals surface area contributed by atoms with E-state index in [-0.39, 0.29) is 30.8 Å². The van der Waals surface area contributed by atoms with Crippen molar-refractivity contribution in [1.82, 2.24) is 14.7 Å². The second-order valence-corrected chi connectivity index (χ2v) is 7.47. The molecule has 26 heavy (non-hydrogen) atoms. The summed E-state index contributed by atoms with van der Waals surface area (Å²) < 4.78 is 5.91. The summed E-state index contributed by atoms with van der Waals surface area (Å²) in [6.07, 6.45) is 0. The van der Waals surface area contributed by atoms with Crippen LogP contribution in [0.3, 0.4) is 0 Å². The topological polar surface area (TPSA) is 70.2 Å². The Morgan fingerprint density at radius 3 is 2.46 bits per heavy atom. The Kier molecular flexibility index (Phi) is 4.64. The molecule has 7 nitrogen and oxygen atoms in total. The number of likely N-dealkylation sites (N-methyl/N-ethyl adjacent to an activating group) is 1. The second kappa shape index (κ2) is 6.63. The van der Waals surface area contributed by atoms with E-state index in [4.69, 9.17) is 4.74 Å². The molecule has 140 valence electrons. The molecule has 3 amide bonds. The fraction of sp³-hybridized carbons (Fsp3) is 0.526. The second-order valence-electron chi connectivity index (χ2n) is 7.47. The van der Waals surface area contributed by atoms with E-state index in [1.165, 1.54) is 4.90 Å². The Balaban J connectivity index is 1.72. The Bertz CT molecular complexity index is 729. The SMILES string of the molecule is Cc1ccc(OC(C)(C)C(=O)N2CCN3C(=O)CN(C)C(=O)[C@@H]3C2)cc1. The smallest absolute Gasteiger partial charge is 0.266 e. The summed E-state index contributed by atoms with van der Waals surface area (Å²) in [5.41, 5.74) is 0.0487. The monoisotopic (exact) mass is 359 g/mol. The van der Waals surface area contributed by atoms with Crippen LogP contribution in [0.5, 0.6) is 5.75 Å². The van der Waals surface area contributed by atoms with Crippen LogP contribution in [0.1, 0.15) is 19.4 Å². The Hall–Kier alpha value is -2.57. The molecule has 2 heterocycles. The highest BCUT2D eigenvalue weighted by Crippen LogP contribution is 2.24. The third kappa shape index (κ3) is 3.38. The fourth-order valence-corrected chi connectivity index (χ4v) is 3.43. The highest BCUT2D eigenvalue weighted by atomic mass is 16.5. The van der Waals surface area contributed by atoms with E-state index in [9.17, 15) is 14.4 Å². The number of fused-ring (bicyclic) bond motifs is 1. The van der Waals surface area contributed by atoms with Gasteiger partial charge < -0.3 is 19.4 Å². The standard InChI is InChI=1S/C19H25N3O4/c1-13-5-7-14(8-6-13)26-19(2,3)18(25)21-9-10-22-15(11-21)17(24)20(4)12-16(22)23/h5-8,15H,9-12H2,1-4H3/t15-/m0/s1. The lowest BCUT2D eigenvalue weighted by molar-refractivity contribution is -0.163. The van der Waals surface area contributed by atoms with Crippen molar-refractivity contribution >= 4 is 17.7 Å². The van der Waals surface area contributed by atoms with Gasteiger partial charge in [0.25, 0.3) is 5.91 Å². The molecule has 0 unspecified atom stereocenters. The molecular formula is C19H25N3O4. The first-order valence-corrected chi connectivity index (χ1v) is 8.78. The van der Waals surface area contributed by atoms with Gasteiger partial charge in [0.15, 0.2) is 5.60 Å². The largest absolute Gasteiger partial charge is 0.478 e. The molecule has 7 heteroatoms. The minimum absolute atomic E-state index is 0.0700. The van der Waals surface area contributed by atoms with E-state index >= 15 is 0 Å². The summed E-state index contributed by atoms with van der Waals surface area (Å²) in [7, 11) is 1.61. The van der Waals surface area contributed by atoms with Crippen LogP contribution in [0.4, 0.5) is 0 Å². The van der Waals surface area contributed by atoms with Crippen LogP contribution in [0, 0.1) is 6.92 Å². The molecule has 0 bridgehead atoms. The first kappa shape index (κ1) is 18.2. The number of amides is 3. The van der Waals surface area contributed by atoms with Crippen LogP contribution < -0.4 is 4.74 Å². The van der Waals surface area contributed by atoms with Gasteiger partial charge in [-0.2, -0.15) is 0 Å². The molecular weight excluding hydrogens is 334 g/mol.